The molecule has 10 heteroatoms. The zero-order valence-corrected chi connectivity index (χ0v) is 20.4. The molecule has 0 bridgehead atoms. The fraction of sp³-hybridized carbons (Fsp3) is 0.263. The van der Waals surface area contributed by atoms with Gasteiger partial charge in [-0.3, -0.25) is 9.59 Å². The minimum Gasteiger partial charge on any atom is -0.504 e. The number of halogens is 3. The molecule has 2 aromatic rings. The number of aromatic hydroxyl groups is 2. The number of carbonyl (C=O) groups is 2. The Hall–Kier alpha value is -1.62. The second-order valence-electron chi connectivity index (χ2n) is 5.98. The molecule has 0 aliphatic heterocycles. The number of hydrogen-bond donors (Lipinski definition) is 2. The molecule has 0 heterocycles. The van der Waals surface area contributed by atoms with E-state index in [1.54, 1.807) is 6.07 Å². The van der Waals surface area contributed by atoms with Crippen LogP contribution < -0.4 is 9.47 Å². The fourth-order valence-corrected chi connectivity index (χ4v) is 4.06. The van der Waals surface area contributed by atoms with E-state index in [0.717, 1.165) is 0 Å². The summed E-state index contributed by atoms with van der Waals surface area (Å²) in [4.78, 5) is 23.3. The molecule has 0 aliphatic rings. The minimum atomic E-state index is -0.597. The van der Waals surface area contributed by atoms with Gasteiger partial charge in [-0.15, -0.1) is 0 Å². The van der Waals surface area contributed by atoms with Crippen LogP contribution in [0.25, 0.3) is 0 Å². The molecule has 2 rings (SSSR count). The number of ether oxygens (including phenoxy) is 3. The molecule has 156 valence electrons. The number of hydrogen-bond acceptors (Lipinski definition) is 7. The SMILES string of the molecule is COCc1cc(OC(C)=O)c(OC(C)=O)c(Cc2cc(O)c(O)c(Br)c2Br)c1Br. The average molecular weight is 597 g/mol. The Balaban J connectivity index is 2.75. The fourth-order valence-electron chi connectivity index (χ4n) is 2.61. The first-order chi connectivity index (χ1) is 13.6. The Labute approximate surface area is 192 Å². The summed E-state index contributed by atoms with van der Waals surface area (Å²) in [5, 5.41) is 19.9. The summed E-state index contributed by atoms with van der Waals surface area (Å²) in [5.74, 6) is -1.69. The third-order valence-electron chi connectivity index (χ3n) is 3.75. The lowest BCUT2D eigenvalue weighted by atomic mass is 10.0. The summed E-state index contributed by atoms with van der Waals surface area (Å²) in [5.41, 5.74) is 1.72. The van der Waals surface area contributed by atoms with Gasteiger partial charge >= 0.3 is 11.9 Å². The van der Waals surface area contributed by atoms with Gasteiger partial charge in [0, 0.05) is 41.9 Å². The zero-order chi connectivity index (χ0) is 21.9. The van der Waals surface area contributed by atoms with Gasteiger partial charge in [0.1, 0.15) is 0 Å². The summed E-state index contributed by atoms with van der Waals surface area (Å²) in [6.45, 7) is 2.67. The second-order valence-corrected chi connectivity index (χ2v) is 8.36. The highest BCUT2D eigenvalue weighted by Crippen LogP contribution is 2.45. The lowest BCUT2D eigenvalue weighted by Crippen LogP contribution is -2.11. The van der Waals surface area contributed by atoms with E-state index < -0.39 is 11.9 Å². The third-order valence-corrected chi connectivity index (χ3v) is 6.95. The zero-order valence-electron chi connectivity index (χ0n) is 15.6. The maximum absolute atomic E-state index is 11.7. The van der Waals surface area contributed by atoms with Crippen molar-refractivity contribution < 1.29 is 34.0 Å². The number of benzene rings is 2. The molecule has 0 spiro atoms. The number of rotatable bonds is 6. The second kappa shape index (κ2) is 9.92. The van der Waals surface area contributed by atoms with Crippen molar-refractivity contribution in [3.63, 3.8) is 0 Å². The largest absolute Gasteiger partial charge is 0.504 e. The number of phenolic OH excluding ortho intramolecular Hbond substituents is 2. The van der Waals surface area contributed by atoms with E-state index in [1.165, 1.54) is 27.0 Å². The monoisotopic (exact) mass is 594 g/mol. The molecule has 0 aliphatic carbocycles. The van der Waals surface area contributed by atoms with E-state index >= 15 is 0 Å². The highest BCUT2D eigenvalue weighted by Gasteiger charge is 2.24. The van der Waals surface area contributed by atoms with Crippen LogP contribution in [0.4, 0.5) is 0 Å². The van der Waals surface area contributed by atoms with Crippen LogP contribution in [0.2, 0.25) is 0 Å². The summed E-state index contributed by atoms with van der Waals surface area (Å²) in [6, 6.07) is 2.93. The quantitative estimate of drug-likeness (QED) is 0.276. The van der Waals surface area contributed by atoms with Crippen molar-refractivity contribution in [1.29, 1.82) is 0 Å². The molecule has 7 nitrogen and oxygen atoms in total. The summed E-state index contributed by atoms with van der Waals surface area (Å²) < 4.78 is 17.2. The number of methoxy groups -OCH3 is 1. The molecule has 29 heavy (non-hydrogen) atoms. The van der Waals surface area contributed by atoms with Gasteiger partial charge in [0.25, 0.3) is 0 Å². The Bertz CT molecular complexity index is 973. The van der Waals surface area contributed by atoms with Crippen LogP contribution in [0.1, 0.15) is 30.5 Å². The first-order valence-corrected chi connectivity index (χ1v) is 10.5. The molecule has 0 unspecified atom stereocenters. The van der Waals surface area contributed by atoms with Gasteiger partial charge in [0.05, 0.1) is 11.1 Å². The molecule has 2 aromatic carbocycles. The van der Waals surface area contributed by atoms with Crippen LogP contribution in [0.3, 0.4) is 0 Å². The molecule has 0 radical (unpaired) electrons. The molecule has 0 aromatic heterocycles. The molecule has 0 fully saturated rings. The topological polar surface area (TPSA) is 102 Å². The Morgan fingerprint density at radius 1 is 0.931 bits per heavy atom. The Kier molecular flexibility index (Phi) is 8.10. The van der Waals surface area contributed by atoms with Gasteiger partial charge in [-0.2, -0.15) is 0 Å². The van der Waals surface area contributed by atoms with Crippen LogP contribution in [-0.2, 0) is 27.4 Å². The van der Waals surface area contributed by atoms with E-state index in [2.05, 4.69) is 47.8 Å². The van der Waals surface area contributed by atoms with E-state index in [1.807, 2.05) is 0 Å². The van der Waals surface area contributed by atoms with Crippen molar-refractivity contribution in [1.82, 2.24) is 0 Å². The van der Waals surface area contributed by atoms with E-state index in [0.29, 0.717) is 25.6 Å². The predicted octanol–water partition coefficient (Wildman–Crippen LogP) is 4.97. The molecule has 2 N–H and O–H groups in total. The molecule has 0 amide bonds. The first-order valence-electron chi connectivity index (χ1n) is 8.15. The van der Waals surface area contributed by atoms with Crippen LogP contribution >= 0.6 is 47.8 Å². The van der Waals surface area contributed by atoms with Gasteiger partial charge in [-0.1, -0.05) is 0 Å². The van der Waals surface area contributed by atoms with Crippen molar-refractivity contribution >= 4 is 59.7 Å². The van der Waals surface area contributed by atoms with Crippen LogP contribution in [0, 0.1) is 0 Å². The van der Waals surface area contributed by atoms with Crippen molar-refractivity contribution in [2.45, 2.75) is 26.9 Å². The van der Waals surface area contributed by atoms with Crippen molar-refractivity contribution in [3.05, 3.63) is 42.2 Å². The Morgan fingerprint density at radius 2 is 1.55 bits per heavy atom. The summed E-state index contributed by atoms with van der Waals surface area (Å²) >= 11 is 10.1. The van der Waals surface area contributed by atoms with Crippen LogP contribution in [-0.4, -0.2) is 29.3 Å². The van der Waals surface area contributed by atoms with Gasteiger partial charge in [-0.25, -0.2) is 0 Å². The highest BCUT2D eigenvalue weighted by atomic mass is 79.9. The van der Waals surface area contributed by atoms with Crippen LogP contribution in [0.15, 0.2) is 25.6 Å². The van der Waals surface area contributed by atoms with Crippen molar-refractivity contribution in [3.8, 4) is 23.0 Å². The lowest BCUT2D eigenvalue weighted by molar-refractivity contribution is -0.134. The summed E-state index contributed by atoms with van der Waals surface area (Å²) in [6.07, 6.45) is 0.155. The van der Waals surface area contributed by atoms with E-state index in [-0.39, 0.29) is 40.5 Å². The molecular weight excluding hydrogens is 580 g/mol. The molecule has 0 atom stereocenters. The average Bonchev–Trinajstić information content (AvgIpc) is 2.63. The molecule has 0 saturated carbocycles. The van der Waals surface area contributed by atoms with Gasteiger partial charge in [0.15, 0.2) is 23.0 Å². The number of esters is 2. The molecular formula is C19H17Br3O7. The van der Waals surface area contributed by atoms with E-state index in [4.69, 9.17) is 14.2 Å². The molecule has 0 saturated heterocycles. The van der Waals surface area contributed by atoms with E-state index in [9.17, 15) is 19.8 Å². The van der Waals surface area contributed by atoms with Gasteiger partial charge < -0.3 is 24.4 Å². The number of carbonyl (C=O) groups excluding carboxylic acids is 2. The third kappa shape index (κ3) is 5.50. The predicted molar refractivity (Wildman–Crippen MR) is 115 cm³/mol. The smallest absolute Gasteiger partial charge is 0.308 e. The Morgan fingerprint density at radius 3 is 2.10 bits per heavy atom. The lowest BCUT2D eigenvalue weighted by Gasteiger charge is -2.19. The minimum absolute atomic E-state index is 0.0648. The highest BCUT2D eigenvalue weighted by molar-refractivity contribution is 9.13. The van der Waals surface area contributed by atoms with Gasteiger partial charge in [-0.05, 0) is 71.0 Å². The normalized spacial score (nSPS) is 10.7. The van der Waals surface area contributed by atoms with Gasteiger partial charge in [0.2, 0.25) is 0 Å². The summed E-state index contributed by atoms with van der Waals surface area (Å²) in [7, 11) is 1.52. The standard InChI is InChI=1S/C19H17Br3O7/c1-8(23)28-14-6-11(7-27-3)15(20)12(19(14)29-9(2)24)4-10-5-13(25)18(26)17(22)16(10)21/h5-6,25-26H,4,7H2,1-3H3. The maximum atomic E-state index is 11.7. The van der Waals surface area contributed by atoms with Crippen molar-refractivity contribution in [2.24, 2.45) is 0 Å². The van der Waals surface area contributed by atoms with Crippen molar-refractivity contribution in [2.75, 3.05) is 7.11 Å². The first kappa shape index (κ1) is 23.7. The van der Waals surface area contributed by atoms with Crippen LogP contribution in [0.5, 0.6) is 23.0 Å². The number of phenols is 2. The maximum Gasteiger partial charge on any atom is 0.308 e.